The predicted octanol–water partition coefficient (Wildman–Crippen LogP) is 1.45. The molecule has 8 heteroatoms. The minimum atomic E-state index is -0.480. The highest BCUT2D eigenvalue weighted by atomic mass is 16.6. The van der Waals surface area contributed by atoms with Crippen molar-refractivity contribution in [3.05, 3.63) is 18.7 Å². The molecule has 1 atom stereocenters. The molecule has 1 aliphatic heterocycles. The first-order chi connectivity index (χ1) is 11.9. The Bertz CT molecular complexity index is 564. The summed E-state index contributed by atoms with van der Waals surface area (Å²) in [4.78, 5) is 22.8. The van der Waals surface area contributed by atoms with Gasteiger partial charge in [0.25, 0.3) is 0 Å². The van der Waals surface area contributed by atoms with Crippen LogP contribution >= 0.6 is 0 Å². The van der Waals surface area contributed by atoms with Crippen molar-refractivity contribution >= 4 is 12.1 Å². The molecule has 8 nitrogen and oxygen atoms in total. The van der Waals surface area contributed by atoms with E-state index in [1.54, 1.807) is 12.5 Å². The summed E-state index contributed by atoms with van der Waals surface area (Å²) in [5.74, 6) is 0.885. The lowest BCUT2D eigenvalue weighted by Crippen LogP contribution is -2.44. The van der Waals surface area contributed by atoms with Crippen LogP contribution in [-0.2, 0) is 11.3 Å². The third kappa shape index (κ3) is 6.64. The quantitative estimate of drug-likeness (QED) is 0.620. The van der Waals surface area contributed by atoms with Crippen molar-refractivity contribution in [3.63, 3.8) is 0 Å². The van der Waals surface area contributed by atoms with E-state index in [1.807, 2.05) is 31.5 Å². The molecule has 25 heavy (non-hydrogen) atoms. The van der Waals surface area contributed by atoms with Crippen molar-refractivity contribution in [1.82, 2.24) is 25.1 Å². The first-order valence-corrected chi connectivity index (χ1v) is 8.86. The van der Waals surface area contributed by atoms with Gasteiger partial charge in [0.1, 0.15) is 5.60 Å². The second kappa shape index (κ2) is 8.73. The summed E-state index contributed by atoms with van der Waals surface area (Å²) in [6.45, 7) is 11.5. The molecule has 0 bridgehead atoms. The van der Waals surface area contributed by atoms with E-state index in [9.17, 15) is 4.79 Å². The molecule has 140 valence electrons. The highest BCUT2D eigenvalue weighted by molar-refractivity contribution is 5.80. The summed E-state index contributed by atoms with van der Waals surface area (Å²) in [5, 5.41) is 6.27. The number of ether oxygens (including phenoxy) is 1. The van der Waals surface area contributed by atoms with Gasteiger partial charge in [-0.3, -0.25) is 4.99 Å². The maximum Gasteiger partial charge on any atom is 0.407 e. The second-order valence-corrected chi connectivity index (χ2v) is 7.11. The topological polar surface area (TPSA) is 83.8 Å². The van der Waals surface area contributed by atoms with Crippen molar-refractivity contribution in [1.29, 1.82) is 0 Å². The number of alkyl carbamates (subject to hydrolysis) is 1. The van der Waals surface area contributed by atoms with Crippen LogP contribution in [0.5, 0.6) is 0 Å². The monoisotopic (exact) mass is 350 g/mol. The van der Waals surface area contributed by atoms with E-state index in [2.05, 4.69) is 32.4 Å². The molecule has 1 aliphatic rings. The first kappa shape index (κ1) is 19.1. The summed E-state index contributed by atoms with van der Waals surface area (Å²) in [6, 6.07) is 0.0763. The number of nitrogens with zero attached hydrogens (tertiary/aromatic N) is 4. The number of hydrogen-bond acceptors (Lipinski definition) is 4. The number of guanidine groups is 1. The number of carbonyl (C=O) groups excluding carboxylic acids is 1. The van der Waals surface area contributed by atoms with Gasteiger partial charge in [-0.05, 0) is 34.1 Å². The number of aromatic nitrogens is 2. The van der Waals surface area contributed by atoms with Crippen LogP contribution in [0.15, 0.2) is 23.7 Å². The molecule has 0 saturated carbocycles. The Hall–Kier alpha value is -2.25. The Morgan fingerprint density at radius 2 is 2.24 bits per heavy atom. The van der Waals surface area contributed by atoms with Crippen LogP contribution in [0.3, 0.4) is 0 Å². The molecule has 1 aromatic heterocycles. The predicted molar refractivity (Wildman–Crippen MR) is 97.6 cm³/mol. The third-order valence-corrected chi connectivity index (χ3v) is 3.72. The molecule has 0 radical (unpaired) electrons. The Labute approximate surface area is 149 Å². The normalized spacial score (nSPS) is 18.3. The molecule has 2 N–H and O–H groups in total. The summed E-state index contributed by atoms with van der Waals surface area (Å²) in [6.07, 6.45) is 6.01. The van der Waals surface area contributed by atoms with Gasteiger partial charge in [0.05, 0.1) is 18.9 Å². The fourth-order valence-electron chi connectivity index (χ4n) is 2.66. The standard InChI is InChI=1S/C17H30N6O2/c1-5-19-15(20-8-11-22-10-7-18-13-22)23-9-6-14(12-23)21-16(24)25-17(2,3)4/h7,10,13-14H,5-6,8-9,11-12H2,1-4H3,(H,19,20)(H,21,24). The van der Waals surface area contributed by atoms with Gasteiger partial charge in [0.15, 0.2) is 5.96 Å². The van der Waals surface area contributed by atoms with E-state index in [0.29, 0.717) is 6.54 Å². The van der Waals surface area contributed by atoms with Crippen LogP contribution in [0.4, 0.5) is 4.79 Å². The number of nitrogens with one attached hydrogen (secondary N) is 2. The molecule has 0 spiro atoms. The summed E-state index contributed by atoms with van der Waals surface area (Å²) in [7, 11) is 0. The lowest BCUT2D eigenvalue weighted by Gasteiger charge is -2.23. The number of aliphatic imine (C=N–C) groups is 1. The smallest absolute Gasteiger partial charge is 0.407 e. The number of hydrogen-bond donors (Lipinski definition) is 2. The Morgan fingerprint density at radius 3 is 2.88 bits per heavy atom. The molecular weight excluding hydrogens is 320 g/mol. The zero-order valence-electron chi connectivity index (χ0n) is 15.7. The van der Waals surface area contributed by atoms with E-state index >= 15 is 0 Å². The van der Waals surface area contributed by atoms with Crippen molar-refractivity contribution in [2.75, 3.05) is 26.2 Å². The van der Waals surface area contributed by atoms with Gasteiger partial charge < -0.3 is 24.8 Å². The summed E-state index contributed by atoms with van der Waals surface area (Å²) >= 11 is 0. The molecule has 0 aliphatic carbocycles. The Balaban J connectivity index is 1.84. The number of rotatable bonds is 5. The van der Waals surface area contributed by atoms with Gasteiger partial charge in [-0.25, -0.2) is 9.78 Å². The molecule has 0 aromatic carbocycles. The lowest BCUT2D eigenvalue weighted by molar-refractivity contribution is 0.0507. The van der Waals surface area contributed by atoms with Gasteiger partial charge >= 0.3 is 6.09 Å². The Morgan fingerprint density at radius 1 is 1.44 bits per heavy atom. The van der Waals surface area contributed by atoms with E-state index in [-0.39, 0.29) is 12.1 Å². The molecule has 2 rings (SSSR count). The maximum absolute atomic E-state index is 11.9. The number of amides is 1. The zero-order valence-corrected chi connectivity index (χ0v) is 15.7. The van der Waals surface area contributed by atoms with E-state index in [4.69, 9.17) is 4.74 Å². The minimum absolute atomic E-state index is 0.0763. The zero-order chi connectivity index (χ0) is 18.3. The van der Waals surface area contributed by atoms with Gasteiger partial charge in [0, 0.05) is 38.6 Å². The first-order valence-electron chi connectivity index (χ1n) is 8.86. The van der Waals surface area contributed by atoms with Gasteiger partial charge in [-0.15, -0.1) is 0 Å². The molecule has 1 saturated heterocycles. The number of likely N-dealkylation sites (tertiary alicyclic amines) is 1. The summed E-state index contributed by atoms with van der Waals surface area (Å²) < 4.78 is 7.33. The van der Waals surface area contributed by atoms with Crippen molar-refractivity contribution in [3.8, 4) is 0 Å². The highest BCUT2D eigenvalue weighted by Crippen LogP contribution is 2.12. The lowest BCUT2D eigenvalue weighted by atomic mass is 10.2. The van der Waals surface area contributed by atoms with Gasteiger partial charge in [-0.1, -0.05) is 0 Å². The van der Waals surface area contributed by atoms with Crippen LogP contribution in [0.25, 0.3) is 0 Å². The van der Waals surface area contributed by atoms with E-state index < -0.39 is 5.60 Å². The van der Waals surface area contributed by atoms with Crippen molar-refractivity contribution < 1.29 is 9.53 Å². The Kier molecular flexibility index (Phi) is 6.66. The van der Waals surface area contributed by atoms with Crippen LogP contribution in [-0.4, -0.2) is 64.3 Å². The van der Waals surface area contributed by atoms with Crippen LogP contribution < -0.4 is 10.6 Å². The molecule has 1 amide bonds. The fourth-order valence-corrected chi connectivity index (χ4v) is 2.66. The molecule has 2 heterocycles. The molecule has 1 unspecified atom stereocenters. The SMILES string of the molecule is CCNC(=NCCn1ccnc1)N1CCC(NC(=O)OC(C)(C)C)C1. The molecular formula is C17H30N6O2. The van der Waals surface area contributed by atoms with Crippen LogP contribution in [0.1, 0.15) is 34.1 Å². The van der Waals surface area contributed by atoms with Crippen molar-refractivity contribution in [2.24, 2.45) is 4.99 Å². The largest absolute Gasteiger partial charge is 0.444 e. The molecule has 1 aromatic rings. The van der Waals surface area contributed by atoms with Gasteiger partial charge in [-0.2, -0.15) is 0 Å². The third-order valence-electron chi connectivity index (χ3n) is 3.72. The number of carbonyl (C=O) groups is 1. The van der Waals surface area contributed by atoms with E-state index in [1.165, 1.54) is 0 Å². The average Bonchev–Trinajstić information content (AvgIpc) is 3.16. The van der Waals surface area contributed by atoms with Crippen molar-refractivity contribution in [2.45, 2.75) is 52.3 Å². The molecule has 1 fully saturated rings. The average molecular weight is 350 g/mol. The minimum Gasteiger partial charge on any atom is -0.444 e. The maximum atomic E-state index is 11.9. The highest BCUT2D eigenvalue weighted by Gasteiger charge is 2.27. The van der Waals surface area contributed by atoms with E-state index in [0.717, 1.165) is 38.6 Å². The van der Waals surface area contributed by atoms with Gasteiger partial charge in [0.2, 0.25) is 0 Å². The number of imidazole rings is 1. The second-order valence-electron chi connectivity index (χ2n) is 7.11. The fraction of sp³-hybridized carbons (Fsp3) is 0.706. The summed E-state index contributed by atoms with van der Waals surface area (Å²) in [5.41, 5.74) is -0.480. The van der Waals surface area contributed by atoms with Crippen LogP contribution in [0, 0.1) is 0 Å². The van der Waals surface area contributed by atoms with Crippen LogP contribution in [0.2, 0.25) is 0 Å².